The van der Waals surface area contributed by atoms with Crippen molar-refractivity contribution in [1.29, 1.82) is 0 Å². The highest BCUT2D eigenvalue weighted by molar-refractivity contribution is 9.10. The standard InChI is InChI=1S/C37H31BrN4O4/c1-2-3-8-22-13-17-24(18-14-22)40-33(43)34(44)41-39-21-37-28-11-6-4-9-26(28)30(27-10-5-7-12-29(27)37)31-32(37)36(46)42(35(31)45)25-19-15-23(38)16-20-25/h4-7,9-21,30-32H,2-3,8H2,1H3,(H,40,43)(H,41,44)/b39-21-/t30?,31-,32-,37?/m1/s1. The Bertz CT molecular complexity index is 1860. The molecule has 4 aliphatic rings. The quantitative estimate of drug-likeness (QED) is 0.107. The number of anilines is 2. The van der Waals surface area contributed by atoms with E-state index in [9.17, 15) is 19.2 Å². The molecule has 0 saturated carbocycles. The smallest absolute Gasteiger partial charge is 0.318 e. The highest BCUT2D eigenvalue weighted by Gasteiger charge is 2.68. The lowest BCUT2D eigenvalue weighted by molar-refractivity contribution is -0.136. The Morgan fingerprint density at radius 1 is 0.848 bits per heavy atom. The maximum absolute atomic E-state index is 14.4. The predicted octanol–water partition coefficient (Wildman–Crippen LogP) is 6.08. The summed E-state index contributed by atoms with van der Waals surface area (Å²) in [5, 5.41) is 6.95. The first kappa shape index (κ1) is 29.8. The van der Waals surface area contributed by atoms with E-state index in [1.54, 1.807) is 42.6 Å². The van der Waals surface area contributed by atoms with Gasteiger partial charge in [-0.1, -0.05) is 89.9 Å². The molecule has 0 radical (unpaired) electrons. The molecular weight excluding hydrogens is 644 g/mol. The van der Waals surface area contributed by atoms with E-state index in [0.717, 1.165) is 51.6 Å². The number of carbonyl (C=O) groups is 4. The average molecular weight is 676 g/mol. The Morgan fingerprint density at radius 3 is 2.11 bits per heavy atom. The second-order valence-corrected chi connectivity index (χ2v) is 12.9. The van der Waals surface area contributed by atoms with E-state index in [2.05, 4.69) is 38.7 Å². The summed E-state index contributed by atoms with van der Waals surface area (Å²) in [5.74, 6) is -4.22. The Balaban J connectivity index is 1.23. The molecule has 0 aromatic heterocycles. The van der Waals surface area contributed by atoms with Crippen molar-refractivity contribution in [3.05, 3.63) is 129 Å². The van der Waals surface area contributed by atoms with Crippen molar-refractivity contribution in [3.63, 3.8) is 0 Å². The van der Waals surface area contributed by atoms with Crippen LogP contribution in [0.3, 0.4) is 0 Å². The van der Waals surface area contributed by atoms with Gasteiger partial charge in [0, 0.05) is 22.3 Å². The predicted molar refractivity (Wildman–Crippen MR) is 179 cm³/mol. The molecule has 4 aromatic rings. The molecule has 2 N–H and O–H groups in total. The van der Waals surface area contributed by atoms with E-state index in [0.29, 0.717) is 11.4 Å². The molecule has 2 bridgehead atoms. The van der Waals surface area contributed by atoms with Crippen LogP contribution in [0.25, 0.3) is 0 Å². The van der Waals surface area contributed by atoms with Crippen LogP contribution in [0.1, 0.15) is 53.5 Å². The summed E-state index contributed by atoms with van der Waals surface area (Å²) in [5.41, 5.74) is 6.97. The maximum Gasteiger partial charge on any atom is 0.329 e. The van der Waals surface area contributed by atoms with Gasteiger partial charge in [0.05, 0.1) is 22.9 Å². The van der Waals surface area contributed by atoms with Gasteiger partial charge < -0.3 is 5.32 Å². The SMILES string of the molecule is CCCCc1ccc(NC(=O)C(=O)N/N=C\C23c4ccccc4C(c4ccccc42)[C@H]2C(=O)N(c4ccc(Br)cc4)C(=O)[C@@H]23)cc1. The molecule has 0 unspecified atom stereocenters. The number of unbranched alkanes of at least 4 members (excludes halogenated alkanes) is 1. The van der Waals surface area contributed by atoms with Crippen molar-refractivity contribution >= 4 is 57.1 Å². The molecule has 3 aliphatic carbocycles. The third-order valence-corrected chi connectivity index (χ3v) is 9.97. The normalized spacial score (nSPS) is 22.4. The average Bonchev–Trinajstić information content (AvgIpc) is 3.35. The van der Waals surface area contributed by atoms with E-state index >= 15 is 0 Å². The van der Waals surface area contributed by atoms with Crippen LogP contribution in [0, 0.1) is 11.8 Å². The van der Waals surface area contributed by atoms with E-state index in [1.165, 1.54) is 4.90 Å². The number of benzene rings is 4. The van der Waals surface area contributed by atoms with Crippen molar-refractivity contribution in [1.82, 2.24) is 5.43 Å². The molecule has 1 aliphatic heterocycles. The van der Waals surface area contributed by atoms with Gasteiger partial charge in [0.2, 0.25) is 11.8 Å². The molecule has 8 rings (SSSR count). The van der Waals surface area contributed by atoms with Gasteiger partial charge in [-0.2, -0.15) is 5.10 Å². The molecule has 0 spiro atoms. The number of nitrogens with one attached hydrogen (secondary N) is 2. The summed E-state index contributed by atoms with van der Waals surface area (Å²) >= 11 is 3.43. The summed E-state index contributed by atoms with van der Waals surface area (Å²) in [4.78, 5) is 55.7. The number of hydrogen-bond donors (Lipinski definition) is 2. The number of halogens is 1. The zero-order chi connectivity index (χ0) is 32.0. The summed E-state index contributed by atoms with van der Waals surface area (Å²) in [6.07, 6.45) is 4.66. The van der Waals surface area contributed by atoms with Gasteiger partial charge in [0.1, 0.15) is 0 Å². The van der Waals surface area contributed by atoms with Crippen molar-refractivity contribution in [2.45, 2.75) is 37.5 Å². The van der Waals surface area contributed by atoms with Crippen LogP contribution in [0.2, 0.25) is 0 Å². The largest absolute Gasteiger partial charge is 0.329 e. The van der Waals surface area contributed by atoms with Gasteiger partial charge in [-0.3, -0.25) is 19.2 Å². The summed E-state index contributed by atoms with van der Waals surface area (Å²) < 4.78 is 0.833. The van der Waals surface area contributed by atoms with E-state index in [4.69, 9.17) is 0 Å². The fourth-order valence-corrected chi connectivity index (χ4v) is 7.73. The Kier molecular flexibility index (Phi) is 7.64. The number of amides is 4. The van der Waals surface area contributed by atoms with Crippen LogP contribution < -0.4 is 15.6 Å². The first-order valence-corrected chi connectivity index (χ1v) is 16.2. The minimum atomic E-state index is -1.17. The highest BCUT2D eigenvalue weighted by atomic mass is 79.9. The molecule has 1 saturated heterocycles. The summed E-state index contributed by atoms with van der Waals surface area (Å²) in [7, 11) is 0. The minimum absolute atomic E-state index is 0.270. The van der Waals surface area contributed by atoms with Crippen LogP contribution in [0.15, 0.2) is 107 Å². The third-order valence-electron chi connectivity index (χ3n) is 9.44. The third kappa shape index (κ3) is 4.69. The summed E-state index contributed by atoms with van der Waals surface area (Å²) in [6.45, 7) is 2.13. The number of hydrogen-bond acceptors (Lipinski definition) is 5. The molecule has 4 amide bonds. The van der Waals surface area contributed by atoms with E-state index < -0.39 is 29.1 Å². The highest BCUT2D eigenvalue weighted by Crippen LogP contribution is 2.63. The zero-order valence-electron chi connectivity index (χ0n) is 25.1. The Hall–Kier alpha value is -4.89. The number of nitrogens with zero attached hydrogens (tertiary/aromatic N) is 2. The molecule has 2 atom stereocenters. The molecule has 9 heteroatoms. The lowest BCUT2D eigenvalue weighted by atomic mass is 9.47. The summed E-state index contributed by atoms with van der Waals surface area (Å²) in [6, 6.07) is 30.1. The Morgan fingerprint density at radius 2 is 1.48 bits per heavy atom. The van der Waals surface area contributed by atoms with Crippen molar-refractivity contribution in [2.24, 2.45) is 16.9 Å². The van der Waals surface area contributed by atoms with Gasteiger partial charge in [-0.25, -0.2) is 10.3 Å². The lowest BCUT2D eigenvalue weighted by Gasteiger charge is -2.52. The molecular formula is C37H31BrN4O4. The van der Waals surface area contributed by atoms with E-state index in [-0.39, 0.29) is 17.7 Å². The van der Waals surface area contributed by atoms with E-state index in [1.807, 2.05) is 60.7 Å². The number of aryl methyl sites for hydroxylation is 1. The van der Waals surface area contributed by atoms with Crippen LogP contribution in [0.5, 0.6) is 0 Å². The fourth-order valence-electron chi connectivity index (χ4n) is 7.46. The van der Waals surface area contributed by atoms with Gasteiger partial charge in [-0.05, 0) is 77.1 Å². The van der Waals surface area contributed by atoms with Gasteiger partial charge >= 0.3 is 11.8 Å². The van der Waals surface area contributed by atoms with Crippen molar-refractivity contribution in [2.75, 3.05) is 10.2 Å². The molecule has 4 aromatic carbocycles. The first-order chi connectivity index (χ1) is 22.3. The second kappa shape index (κ2) is 11.8. The second-order valence-electron chi connectivity index (χ2n) is 12.0. The van der Waals surface area contributed by atoms with Crippen LogP contribution >= 0.6 is 15.9 Å². The zero-order valence-corrected chi connectivity index (χ0v) is 26.7. The molecule has 1 fully saturated rings. The first-order valence-electron chi connectivity index (χ1n) is 15.4. The van der Waals surface area contributed by atoms with Crippen molar-refractivity contribution < 1.29 is 19.2 Å². The number of imide groups is 1. The van der Waals surface area contributed by atoms with Gasteiger partial charge in [0.15, 0.2) is 0 Å². The van der Waals surface area contributed by atoms with Crippen LogP contribution in [-0.2, 0) is 31.0 Å². The number of carbonyl (C=O) groups excluding carboxylic acids is 4. The molecule has 46 heavy (non-hydrogen) atoms. The topological polar surface area (TPSA) is 108 Å². The van der Waals surface area contributed by atoms with Gasteiger partial charge in [-0.15, -0.1) is 0 Å². The minimum Gasteiger partial charge on any atom is -0.318 e. The van der Waals surface area contributed by atoms with Gasteiger partial charge in [0.25, 0.3) is 0 Å². The molecule has 8 nitrogen and oxygen atoms in total. The molecule has 230 valence electrons. The number of rotatable bonds is 7. The molecule has 1 heterocycles. The van der Waals surface area contributed by atoms with Crippen molar-refractivity contribution in [3.8, 4) is 0 Å². The number of hydrazone groups is 1. The van der Waals surface area contributed by atoms with Crippen LogP contribution in [-0.4, -0.2) is 29.8 Å². The maximum atomic E-state index is 14.4. The Labute approximate surface area is 275 Å². The van der Waals surface area contributed by atoms with Crippen LogP contribution in [0.4, 0.5) is 11.4 Å². The fraction of sp³-hybridized carbons (Fsp3) is 0.216. The lowest BCUT2D eigenvalue weighted by Crippen LogP contribution is -2.54. The monoisotopic (exact) mass is 674 g/mol.